The molecule has 2 fully saturated rings. The van der Waals surface area contributed by atoms with Crippen molar-refractivity contribution in [2.75, 3.05) is 23.3 Å². The van der Waals surface area contributed by atoms with Crippen LogP contribution in [0.4, 0.5) is 11.4 Å². The molecule has 2 nitrogen and oxygen atoms in total. The highest BCUT2D eigenvalue weighted by molar-refractivity contribution is 5.55. The van der Waals surface area contributed by atoms with E-state index in [-0.39, 0.29) is 0 Å². The number of nitrogens with one attached hydrogen (secondary N) is 1. The van der Waals surface area contributed by atoms with E-state index in [1.807, 2.05) is 0 Å². The van der Waals surface area contributed by atoms with Gasteiger partial charge < -0.3 is 10.2 Å². The Morgan fingerprint density at radius 2 is 1.62 bits per heavy atom. The minimum Gasteiger partial charge on any atom is -0.382 e. The monoisotopic (exact) mass is 216 g/mol. The summed E-state index contributed by atoms with van der Waals surface area (Å²) in [6.45, 7) is 2.46. The van der Waals surface area contributed by atoms with E-state index in [1.165, 1.54) is 56.6 Å². The largest absolute Gasteiger partial charge is 0.382 e. The lowest BCUT2D eigenvalue weighted by Gasteiger charge is -2.28. The second-order valence-electron chi connectivity index (χ2n) is 5.01. The van der Waals surface area contributed by atoms with Crippen LogP contribution in [0, 0.1) is 0 Å². The van der Waals surface area contributed by atoms with Crippen molar-refractivity contribution < 1.29 is 0 Å². The van der Waals surface area contributed by atoms with Gasteiger partial charge in [0.2, 0.25) is 0 Å². The van der Waals surface area contributed by atoms with Crippen molar-refractivity contribution in [3.05, 3.63) is 24.3 Å². The second kappa shape index (κ2) is 4.36. The first-order valence-electron chi connectivity index (χ1n) is 6.53. The van der Waals surface area contributed by atoms with Gasteiger partial charge in [0, 0.05) is 30.5 Å². The summed E-state index contributed by atoms with van der Waals surface area (Å²) in [6.07, 6.45) is 6.78. The highest BCUT2D eigenvalue weighted by Crippen LogP contribution is 2.26. The van der Waals surface area contributed by atoms with Crippen LogP contribution >= 0.6 is 0 Å². The van der Waals surface area contributed by atoms with Gasteiger partial charge in [-0.05, 0) is 56.4 Å². The lowest BCUT2D eigenvalue weighted by molar-refractivity contribution is 0.578. The van der Waals surface area contributed by atoms with Crippen LogP contribution in [0.3, 0.4) is 0 Å². The normalized spacial score (nSPS) is 20.9. The minimum atomic E-state index is 0.751. The van der Waals surface area contributed by atoms with Crippen LogP contribution in [0.25, 0.3) is 0 Å². The van der Waals surface area contributed by atoms with Crippen molar-refractivity contribution >= 4 is 11.4 Å². The standard InChI is InChI=1S/C14H20N2/c1-2-10-16(11-3-1)14-8-6-13(7-9-14)15-12-4-5-12/h6-9,12,15H,1-5,10-11H2. The van der Waals surface area contributed by atoms with Crippen LogP contribution in [-0.2, 0) is 0 Å². The molecule has 0 bridgehead atoms. The first-order chi connectivity index (χ1) is 7.92. The van der Waals surface area contributed by atoms with Crippen LogP contribution in [-0.4, -0.2) is 19.1 Å². The van der Waals surface area contributed by atoms with E-state index in [0.717, 1.165) is 6.04 Å². The summed E-state index contributed by atoms with van der Waals surface area (Å²) in [5.41, 5.74) is 2.67. The molecule has 1 heterocycles. The molecule has 1 aliphatic carbocycles. The lowest BCUT2D eigenvalue weighted by atomic mass is 10.1. The molecule has 16 heavy (non-hydrogen) atoms. The van der Waals surface area contributed by atoms with Gasteiger partial charge >= 0.3 is 0 Å². The molecule has 2 heteroatoms. The first kappa shape index (κ1) is 10.0. The van der Waals surface area contributed by atoms with Gasteiger partial charge in [-0.1, -0.05) is 0 Å². The Hall–Kier alpha value is -1.18. The Kier molecular flexibility index (Phi) is 2.73. The smallest absolute Gasteiger partial charge is 0.0367 e. The molecule has 0 amide bonds. The third kappa shape index (κ3) is 2.31. The topological polar surface area (TPSA) is 15.3 Å². The van der Waals surface area contributed by atoms with E-state index in [2.05, 4.69) is 34.5 Å². The molecule has 2 aliphatic rings. The SMILES string of the molecule is c1cc(N2CCCCC2)ccc1NC1CC1. The summed E-state index contributed by atoms with van der Waals surface area (Å²) in [5.74, 6) is 0. The van der Waals surface area contributed by atoms with E-state index in [0.29, 0.717) is 0 Å². The van der Waals surface area contributed by atoms with Crippen molar-refractivity contribution in [3.63, 3.8) is 0 Å². The molecule has 0 atom stereocenters. The van der Waals surface area contributed by atoms with Crippen LogP contribution in [0.1, 0.15) is 32.1 Å². The van der Waals surface area contributed by atoms with Crippen molar-refractivity contribution in [3.8, 4) is 0 Å². The Labute approximate surface area is 97.6 Å². The van der Waals surface area contributed by atoms with Crippen LogP contribution < -0.4 is 10.2 Å². The molecule has 1 saturated carbocycles. The molecule has 1 N–H and O–H groups in total. The number of piperidine rings is 1. The third-order valence-corrected chi connectivity index (χ3v) is 3.54. The van der Waals surface area contributed by atoms with Crippen molar-refractivity contribution in [1.82, 2.24) is 0 Å². The van der Waals surface area contributed by atoms with Crippen LogP contribution in [0.2, 0.25) is 0 Å². The van der Waals surface area contributed by atoms with E-state index in [4.69, 9.17) is 0 Å². The molecule has 1 aliphatic heterocycles. The van der Waals surface area contributed by atoms with Gasteiger partial charge in [-0.15, -0.1) is 0 Å². The summed E-state index contributed by atoms with van der Waals surface area (Å²) >= 11 is 0. The summed E-state index contributed by atoms with van der Waals surface area (Å²) in [5, 5.41) is 3.53. The van der Waals surface area contributed by atoms with E-state index < -0.39 is 0 Å². The van der Waals surface area contributed by atoms with Crippen molar-refractivity contribution in [2.24, 2.45) is 0 Å². The van der Waals surface area contributed by atoms with Crippen LogP contribution in [0.15, 0.2) is 24.3 Å². The molecule has 0 radical (unpaired) electrons. The fourth-order valence-corrected chi connectivity index (χ4v) is 2.38. The van der Waals surface area contributed by atoms with Crippen molar-refractivity contribution in [2.45, 2.75) is 38.1 Å². The Bertz CT molecular complexity index is 334. The number of hydrogen-bond acceptors (Lipinski definition) is 2. The number of rotatable bonds is 3. The maximum atomic E-state index is 3.53. The summed E-state index contributed by atoms with van der Waals surface area (Å²) in [4.78, 5) is 2.50. The van der Waals surface area contributed by atoms with Crippen molar-refractivity contribution in [1.29, 1.82) is 0 Å². The predicted octanol–water partition coefficient (Wildman–Crippen LogP) is 3.25. The Morgan fingerprint density at radius 3 is 2.25 bits per heavy atom. The fourth-order valence-electron chi connectivity index (χ4n) is 2.38. The van der Waals surface area contributed by atoms with E-state index in [9.17, 15) is 0 Å². The minimum absolute atomic E-state index is 0.751. The fraction of sp³-hybridized carbons (Fsp3) is 0.571. The zero-order valence-corrected chi connectivity index (χ0v) is 9.78. The molecule has 0 spiro atoms. The van der Waals surface area contributed by atoms with Crippen LogP contribution in [0.5, 0.6) is 0 Å². The molecule has 0 unspecified atom stereocenters. The number of hydrogen-bond donors (Lipinski definition) is 1. The first-order valence-corrected chi connectivity index (χ1v) is 6.53. The van der Waals surface area contributed by atoms with Gasteiger partial charge in [0.25, 0.3) is 0 Å². The zero-order chi connectivity index (χ0) is 10.8. The second-order valence-corrected chi connectivity index (χ2v) is 5.01. The van der Waals surface area contributed by atoms with Gasteiger partial charge in [-0.3, -0.25) is 0 Å². The molecule has 0 aromatic heterocycles. The maximum Gasteiger partial charge on any atom is 0.0367 e. The molecule has 1 aromatic carbocycles. The van der Waals surface area contributed by atoms with Gasteiger partial charge in [-0.25, -0.2) is 0 Å². The number of benzene rings is 1. The zero-order valence-electron chi connectivity index (χ0n) is 9.78. The third-order valence-electron chi connectivity index (χ3n) is 3.54. The van der Waals surface area contributed by atoms with Gasteiger partial charge in [0.15, 0.2) is 0 Å². The Morgan fingerprint density at radius 1 is 0.938 bits per heavy atom. The average Bonchev–Trinajstić information content (AvgIpc) is 3.15. The van der Waals surface area contributed by atoms with E-state index >= 15 is 0 Å². The maximum absolute atomic E-state index is 3.53. The van der Waals surface area contributed by atoms with Gasteiger partial charge in [-0.2, -0.15) is 0 Å². The summed E-state index contributed by atoms with van der Waals surface area (Å²) in [6, 6.07) is 9.72. The van der Waals surface area contributed by atoms with Gasteiger partial charge in [0.1, 0.15) is 0 Å². The van der Waals surface area contributed by atoms with Gasteiger partial charge in [0.05, 0.1) is 0 Å². The molecule has 1 aromatic rings. The Balaban J connectivity index is 1.65. The summed E-state index contributed by atoms with van der Waals surface area (Å²) in [7, 11) is 0. The molecule has 86 valence electrons. The molecular formula is C14H20N2. The molecule has 3 rings (SSSR count). The summed E-state index contributed by atoms with van der Waals surface area (Å²) < 4.78 is 0. The average molecular weight is 216 g/mol. The number of nitrogens with zero attached hydrogens (tertiary/aromatic N) is 1. The number of anilines is 2. The highest BCUT2D eigenvalue weighted by atomic mass is 15.1. The predicted molar refractivity (Wildman–Crippen MR) is 69.2 cm³/mol. The molecule has 1 saturated heterocycles. The quantitative estimate of drug-likeness (QED) is 0.834. The lowest BCUT2D eigenvalue weighted by Crippen LogP contribution is -2.29. The van der Waals surface area contributed by atoms with E-state index in [1.54, 1.807) is 0 Å². The molecular weight excluding hydrogens is 196 g/mol. The highest BCUT2D eigenvalue weighted by Gasteiger charge is 2.20.